The standard InChI is InChI=1S/C14H19N3O3/c1-17-7-6-11(14(17)19)16-13(18)9-20-12-5-3-2-4-10(12)8-15/h2-5,11H,6-9,15H2,1H3,(H,16,18). The first kappa shape index (κ1) is 14.3. The molecule has 1 atom stereocenters. The van der Waals surface area contributed by atoms with Crippen molar-refractivity contribution in [2.45, 2.75) is 19.0 Å². The largest absolute Gasteiger partial charge is 0.483 e. The van der Waals surface area contributed by atoms with Crippen LogP contribution in [0.25, 0.3) is 0 Å². The van der Waals surface area contributed by atoms with Gasteiger partial charge in [0, 0.05) is 25.7 Å². The lowest BCUT2D eigenvalue weighted by molar-refractivity contribution is -0.132. The van der Waals surface area contributed by atoms with Crippen LogP contribution in [0, 0.1) is 0 Å². The van der Waals surface area contributed by atoms with Crippen molar-refractivity contribution in [1.29, 1.82) is 0 Å². The van der Waals surface area contributed by atoms with Crippen molar-refractivity contribution in [2.24, 2.45) is 5.73 Å². The van der Waals surface area contributed by atoms with Crippen LogP contribution in [0.4, 0.5) is 0 Å². The first-order chi connectivity index (χ1) is 9.61. The van der Waals surface area contributed by atoms with Crippen LogP contribution in [0.15, 0.2) is 24.3 Å². The smallest absolute Gasteiger partial charge is 0.258 e. The molecule has 1 aliphatic rings. The van der Waals surface area contributed by atoms with Crippen LogP contribution in [0.5, 0.6) is 5.75 Å². The highest BCUT2D eigenvalue weighted by Crippen LogP contribution is 2.16. The van der Waals surface area contributed by atoms with E-state index in [1.54, 1.807) is 18.0 Å². The first-order valence-electron chi connectivity index (χ1n) is 6.57. The van der Waals surface area contributed by atoms with Gasteiger partial charge in [0.15, 0.2) is 6.61 Å². The zero-order valence-electron chi connectivity index (χ0n) is 11.5. The number of hydrogen-bond acceptors (Lipinski definition) is 4. The van der Waals surface area contributed by atoms with Gasteiger partial charge >= 0.3 is 0 Å². The average Bonchev–Trinajstić information content (AvgIpc) is 2.77. The summed E-state index contributed by atoms with van der Waals surface area (Å²) in [5.41, 5.74) is 6.44. The van der Waals surface area contributed by atoms with Crippen LogP contribution in [0.1, 0.15) is 12.0 Å². The maximum Gasteiger partial charge on any atom is 0.258 e. The van der Waals surface area contributed by atoms with Gasteiger partial charge in [0.1, 0.15) is 11.8 Å². The third-order valence-electron chi connectivity index (χ3n) is 3.31. The number of likely N-dealkylation sites (N-methyl/N-ethyl adjacent to an activating group) is 1. The number of ether oxygens (including phenoxy) is 1. The summed E-state index contributed by atoms with van der Waals surface area (Å²) in [6.45, 7) is 0.898. The zero-order valence-corrected chi connectivity index (χ0v) is 11.5. The van der Waals surface area contributed by atoms with Gasteiger partial charge < -0.3 is 20.7 Å². The highest BCUT2D eigenvalue weighted by Gasteiger charge is 2.30. The Bertz CT molecular complexity index is 504. The summed E-state index contributed by atoms with van der Waals surface area (Å²) in [7, 11) is 1.72. The summed E-state index contributed by atoms with van der Waals surface area (Å²) >= 11 is 0. The van der Waals surface area contributed by atoms with E-state index in [9.17, 15) is 9.59 Å². The van der Waals surface area contributed by atoms with E-state index in [1.165, 1.54) is 0 Å². The lowest BCUT2D eigenvalue weighted by Gasteiger charge is -2.13. The molecule has 1 aromatic carbocycles. The molecule has 1 aromatic rings. The molecule has 20 heavy (non-hydrogen) atoms. The highest BCUT2D eigenvalue weighted by atomic mass is 16.5. The van der Waals surface area contributed by atoms with Gasteiger partial charge in [-0.15, -0.1) is 0 Å². The minimum atomic E-state index is -0.430. The summed E-state index contributed by atoms with van der Waals surface area (Å²) < 4.78 is 5.45. The summed E-state index contributed by atoms with van der Waals surface area (Å²) in [6, 6.07) is 6.87. The van der Waals surface area contributed by atoms with Crippen molar-refractivity contribution >= 4 is 11.8 Å². The molecule has 0 saturated carbocycles. The minimum absolute atomic E-state index is 0.0549. The number of carbonyl (C=O) groups is 2. The number of likely N-dealkylation sites (tertiary alicyclic amines) is 1. The summed E-state index contributed by atoms with van der Waals surface area (Å²) in [4.78, 5) is 25.1. The predicted octanol–water partition coefficient (Wildman–Crippen LogP) is -0.129. The van der Waals surface area contributed by atoms with Crippen LogP contribution in [0.2, 0.25) is 0 Å². The number of amides is 2. The van der Waals surface area contributed by atoms with Gasteiger partial charge in [0.2, 0.25) is 5.91 Å². The second kappa shape index (κ2) is 6.38. The van der Waals surface area contributed by atoms with Crippen molar-refractivity contribution in [1.82, 2.24) is 10.2 Å². The Balaban J connectivity index is 1.85. The first-order valence-corrected chi connectivity index (χ1v) is 6.57. The molecule has 1 aliphatic heterocycles. The average molecular weight is 277 g/mol. The van der Waals surface area contributed by atoms with E-state index in [0.717, 1.165) is 5.56 Å². The topological polar surface area (TPSA) is 84.7 Å². The van der Waals surface area contributed by atoms with Crippen molar-refractivity contribution < 1.29 is 14.3 Å². The van der Waals surface area contributed by atoms with Crippen LogP contribution in [-0.2, 0) is 16.1 Å². The number of carbonyl (C=O) groups excluding carboxylic acids is 2. The molecule has 1 saturated heterocycles. The molecule has 2 amide bonds. The predicted molar refractivity (Wildman–Crippen MR) is 74.0 cm³/mol. The van der Waals surface area contributed by atoms with Gasteiger partial charge in [-0.2, -0.15) is 0 Å². The summed E-state index contributed by atoms with van der Waals surface area (Å²) in [6.07, 6.45) is 0.639. The maximum atomic E-state index is 11.8. The fraction of sp³-hybridized carbons (Fsp3) is 0.429. The number of nitrogens with one attached hydrogen (secondary N) is 1. The molecule has 0 bridgehead atoms. The number of nitrogens with two attached hydrogens (primary N) is 1. The van der Waals surface area contributed by atoms with E-state index >= 15 is 0 Å². The normalized spacial score (nSPS) is 18.2. The van der Waals surface area contributed by atoms with Gasteiger partial charge in [-0.3, -0.25) is 9.59 Å². The molecular weight excluding hydrogens is 258 g/mol. The molecule has 1 heterocycles. The fourth-order valence-corrected chi connectivity index (χ4v) is 2.15. The van der Waals surface area contributed by atoms with Crippen molar-refractivity contribution in [3.63, 3.8) is 0 Å². The molecule has 2 rings (SSSR count). The quantitative estimate of drug-likeness (QED) is 0.785. The summed E-state index contributed by atoms with van der Waals surface area (Å²) in [5.74, 6) is 0.242. The molecule has 108 valence electrons. The van der Waals surface area contributed by atoms with E-state index in [1.807, 2.05) is 18.2 Å². The zero-order chi connectivity index (χ0) is 14.5. The molecule has 3 N–H and O–H groups in total. The lowest BCUT2D eigenvalue weighted by Crippen LogP contribution is -2.42. The molecule has 1 fully saturated rings. The Morgan fingerprint density at radius 1 is 1.50 bits per heavy atom. The summed E-state index contributed by atoms with van der Waals surface area (Å²) in [5, 5.41) is 2.68. The van der Waals surface area contributed by atoms with Gasteiger partial charge in [-0.1, -0.05) is 18.2 Å². The van der Waals surface area contributed by atoms with E-state index in [4.69, 9.17) is 10.5 Å². The number of rotatable bonds is 5. The second-order valence-corrected chi connectivity index (χ2v) is 4.77. The van der Waals surface area contributed by atoms with Crippen molar-refractivity contribution in [3.8, 4) is 5.75 Å². The lowest BCUT2D eigenvalue weighted by atomic mass is 10.2. The Hall–Kier alpha value is -2.08. The van der Waals surface area contributed by atoms with Crippen LogP contribution < -0.4 is 15.8 Å². The Morgan fingerprint density at radius 3 is 2.90 bits per heavy atom. The number of para-hydroxylation sites is 1. The Labute approximate surface area is 117 Å². The fourth-order valence-electron chi connectivity index (χ4n) is 2.15. The molecule has 0 aromatic heterocycles. The second-order valence-electron chi connectivity index (χ2n) is 4.77. The molecule has 0 radical (unpaired) electrons. The number of hydrogen-bond donors (Lipinski definition) is 2. The highest BCUT2D eigenvalue weighted by molar-refractivity contribution is 5.89. The Kier molecular flexibility index (Phi) is 4.57. The van der Waals surface area contributed by atoms with Crippen LogP contribution in [-0.4, -0.2) is 43.0 Å². The molecular formula is C14H19N3O3. The van der Waals surface area contributed by atoms with Gasteiger partial charge in [0.05, 0.1) is 0 Å². The van der Waals surface area contributed by atoms with E-state index < -0.39 is 6.04 Å². The van der Waals surface area contributed by atoms with Gasteiger partial charge in [-0.25, -0.2) is 0 Å². The van der Waals surface area contributed by atoms with Crippen LogP contribution >= 0.6 is 0 Å². The monoisotopic (exact) mass is 277 g/mol. The number of benzene rings is 1. The van der Waals surface area contributed by atoms with Crippen molar-refractivity contribution in [2.75, 3.05) is 20.2 Å². The number of nitrogens with zero attached hydrogens (tertiary/aromatic N) is 1. The molecule has 0 spiro atoms. The van der Waals surface area contributed by atoms with E-state index in [-0.39, 0.29) is 18.4 Å². The third-order valence-corrected chi connectivity index (χ3v) is 3.31. The minimum Gasteiger partial charge on any atom is -0.483 e. The van der Waals surface area contributed by atoms with Gasteiger partial charge in [-0.05, 0) is 12.5 Å². The molecule has 0 aliphatic carbocycles. The molecule has 6 nitrogen and oxygen atoms in total. The SMILES string of the molecule is CN1CCC(NC(=O)COc2ccccc2CN)C1=O. The third kappa shape index (κ3) is 3.27. The Morgan fingerprint density at radius 2 is 2.25 bits per heavy atom. The van der Waals surface area contributed by atoms with E-state index in [2.05, 4.69) is 5.32 Å². The maximum absolute atomic E-state index is 11.8. The molecule has 6 heteroatoms. The van der Waals surface area contributed by atoms with Gasteiger partial charge in [0.25, 0.3) is 5.91 Å². The van der Waals surface area contributed by atoms with E-state index in [0.29, 0.717) is 25.3 Å². The van der Waals surface area contributed by atoms with Crippen LogP contribution in [0.3, 0.4) is 0 Å². The van der Waals surface area contributed by atoms with Crippen molar-refractivity contribution in [3.05, 3.63) is 29.8 Å². The molecule has 1 unspecified atom stereocenters.